The summed E-state index contributed by atoms with van der Waals surface area (Å²) in [5.41, 5.74) is 1.02. The van der Waals surface area contributed by atoms with Crippen molar-refractivity contribution in [2.75, 3.05) is 38.3 Å². The van der Waals surface area contributed by atoms with Gasteiger partial charge in [0.25, 0.3) is 6.43 Å². The second-order valence-electron chi connectivity index (χ2n) is 6.55. The summed E-state index contributed by atoms with van der Waals surface area (Å²) in [5, 5.41) is 0.720. The van der Waals surface area contributed by atoms with E-state index in [9.17, 15) is 13.3 Å². The summed E-state index contributed by atoms with van der Waals surface area (Å²) < 4.78 is 52.5. The molecule has 0 aliphatic carbocycles. The van der Waals surface area contributed by atoms with Crippen LogP contribution >= 0.6 is 11.6 Å². The van der Waals surface area contributed by atoms with Crippen LogP contribution in [-0.4, -0.2) is 41.9 Å². The van der Waals surface area contributed by atoms with Crippen molar-refractivity contribution in [1.82, 2.24) is 3.97 Å². The van der Waals surface area contributed by atoms with Crippen LogP contribution in [0.15, 0.2) is 47.5 Å². The number of hydrogen-bond donors (Lipinski definition) is 0. The molecule has 2 heterocycles. The number of halogens is 3. The van der Waals surface area contributed by atoms with Gasteiger partial charge in [0.2, 0.25) is 0 Å². The number of benzene rings is 2. The van der Waals surface area contributed by atoms with Crippen LogP contribution in [0.25, 0.3) is 10.9 Å². The molecule has 1 atom stereocenters. The molecule has 1 saturated heterocycles. The van der Waals surface area contributed by atoms with Gasteiger partial charge in [-0.15, -0.1) is 0 Å². The molecule has 3 aromatic rings. The van der Waals surface area contributed by atoms with Crippen molar-refractivity contribution in [3.63, 3.8) is 0 Å². The van der Waals surface area contributed by atoms with Crippen molar-refractivity contribution in [3.8, 4) is 5.75 Å². The fourth-order valence-electron chi connectivity index (χ4n) is 3.45. The van der Waals surface area contributed by atoms with Gasteiger partial charge in [-0.1, -0.05) is 17.7 Å². The van der Waals surface area contributed by atoms with Crippen molar-refractivity contribution in [2.45, 2.75) is 11.3 Å². The number of methoxy groups -OCH3 is 1. The third-order valence-electron chi connectivity index (χ3n) is 4.88. The summed E-state index contributed by atoms with van der Waals surface area (Å²) in [6.07, 6.45) is -1.45. The summed E-state index contributed by atoms with van der Waals surface area (Å²) in [5.74, 6) is 0.654. The topological polar surface area (TPSA) is 49.7 Å². The maximum Gasteiger partial charge on any atom is 0.266 e. The summed E-state index contributed by atoms with van der Waals surface area (Å²) >= 11 is 4.32. The van der Waals surface area contributed by atoms with Crippen molar-refractivity contribution in [2.24, 2.45) is 0 Å². The lowest BCUT2D eigenvalue weighted by molar-refractivity contribution is 0.122. The number of rotatable bonds is 5. The highest BCUT2D eigenvalue weighted by Gasteiger charge is 2.26. The average molecular weight is 441 g/mol. The Morgan fingerprint density at radius 1 is 1.17 bits per heavy atom. The number of nitrogens with zero attached hydrogens (tertiary/aromatic N) is 2. The molecule has 29 heavy (non-hydrogen) atoms. The van der Waals surface area contributed by atoms with Crippen LogP contribution in [0.3, 0.4) is 0 Å². The minimum Gasteiger partial charge on any atom is -0.587 e. The zero-order chi connectivity index (χ0) is 20.5. The van der Waals surface area contributed by atoms with Crippen molar-refractivity contribution < 1.29 is 22.8 Å². The standard InChI is InChI=1S/C20H19ClF2N2O3S/c1-27-19-5-3-14(11-18(19)24-6-8-28-9-7-24)29(26)25-12-16(20(22)23)15-4-2-13(21)10-17(15)25/h2-5,10-12,20H,6-9H2,1H3. The molecule has 4 rings (SSSR count). The van der Waals surface area contributed by atoms with E-state index in [-0.39, 0.29) is 5.56 Å². The fourth-order valence-corrected chi connectivity index (χ4v) is 4.78. The van der Waals surface area contributed by atoms with Gasteiger partial charge in [0, 0.05) is 35.1 Å². The molecule has 1 aliphatic heterocycles. The molecular weight excluding hydrogens is 422 g/mol. The SMILES string of the molecule is COc1ccc([S+]([O-])n2cc(C(F)F)c3ccc(Cl)cc32)cc1N1CCOCC1. The van der Waals surface area contributed by atoms with Gasteiger partial charge in [-0.05, 0) is 24.3 Å². The molecule has 0 N–H and O–H groups in total. The zero-order valence-electron chi connectivity index (χ0n) is 15.6. The quantitative estimate of drug-likeness (QED) is 0.542. The summed E-state index contributed by atoms with van der Waals surface area (Å²) in [6, 6.07) is 9.82. The van der Waals surface area contributed by atoms with Gasteiger partial charge in [0.1, 0.15) is 17.1 Å². The number of hydrogen-bond acceptors (Lipinski definition) is 4. The fraction of sp³-hybridized carbons (Fsp3) is 0.300. The largest absolute Gasteiger partial charge is 0.587 e. The van der Waals surface area contributed by atoms with Crippen LogP contribution in [0.5, 0.6) is 5.75 Å². The number of aromatic nitrogens is 1. The lowest BCUT2D eigenvalue weighted by Gasteiger charge is -2.30. The Bertz CT molecular complexity index is 1020. The lowest BCUT2D eigenvalue weighted by Crippen LogP contribution is -2.36. The summed E-state index contributed by atoms with van der Waals surface area (Å²) in [6.45, 7) is 2.55. The highest BCUT2D eigenvalue weighted by atomic mass is 35.5. The van der Waals surface area contributed by atoms with Gasteiger partial charge in [0.15, 0.2) is 4.90 Å². The first-order valence-corrected chi connectivity index (χ1v) is 10.5. The number of morpholine rings is 1. The molecule has 0 spiro atoms. The first-order chi connectivity index (χ1) is 14.0. The first-order valence-electron chi connectivity index (χ1n) is 9.01. The third-order valence-corrected chi connectivity index (χ3v) is 6.43. The average Bonchev–Trinajstić information content (AvgIpc) is 3.12. The van der Waals surface area contributed by atoms with E-state index in [0.29, 0.717) is 52.9 Å². The number of fused-ring (bicyclic) bond motifs is 1. The molecule has 1 aromatic heterocycles. The minimum atomic E-state index is -2.68. The van der Waals surface area contributed by atoms with E-state index in [2.05, 4.69) is 4.90 Å². The second kappa shape index (κ2) is 8.39. The Kier molecular flexibility index (Phi) is 5.87. The highest BCUT2D eigenvalue weighted by Crippen LogP contribution is 2.36. The van der Waals surface area contributed by atoms with Crippen LogP contribution in [0.4, 0.5) is 14.5 Å². The normalized spacial score (nSPS) is 15.9. The first kappa shape index (κ1) is 20.3. The Morgan fingerprint density at radius 3 is 2.62 bits per heavy atom. The van der Waals surface area contributed by atoms with E-state index in [1.54, 1.807) is 37.4 Å². The third kappa shape index (κ3) is 3.90. The van der Waals surface area contributed by atoms with Crippen LogP contribution in [0.1, 0.15) is 12.0 Å². The maximum absolute atomic E-state index is 13.5. The molecule has 5 nitrogen and oxygen atoms in total. The van der Waals surface area contributed by atoms with E-state index in [1.165, 1.54) is 16.2 Å². The van der Waals surface area contributed by atoms with Gasteiger partial charge in [0.05, 0.1) is 37.7 Å². The number of anilines is 1. The van der Waals surface area contributed by atoms with Gasteiger partial charge in [-0.3, -0.25) is 0 Å². The van der Waals surface area contributed by atoms with Gasteiger partial charge < -0.3 is 18.9 Å². The van der Waals surface area contributed by atoms with E-state index in [4.69, 9.17) is 21.1 Å². The number of alkyl halides is 2. The number of ether oxygens (including phenoxy) is 2. The Hall–Kier alpha value is -2.00. The molecule has 1 unspecified atom stereocenters. The highest BCUT2D eigenvalue weighted by molar-refractivity contribution is 7.90. The molecule has 0 bridgehead atoms. The van der Waals surface area contributed by atoms with E-state index < -0.39 is 17.8 Å². The molecule has 0 amide bonds. The maximum atomic E-state index is 13.5. The van der Waals surface area contributed by atoms with Crippen LogP contribution < -0.4 is 9.64 Å². The lowest BCUT2D eigenvalue weighted by atomic mass is 10.2. The summed E-state index contributed by atoms with van der Waals surface area (Å²) in [4.78, 5) is 2.57. The predicted molar refractivity (Wildman–Crippen MR) is 110 cm³/mol. The van der Waals surface area contributed by atoms with Gasteiger partial charge >= 0.3 is 0 Å². The second-order valence-corrected chi connectivity index (χ2v) is 8.35. The van der Waals surface area contributed by atoms with E-state index >= 15 is 0 Å². The molecular formula is C20H19ClF2N2O3S. The molecule has 1 fully saturated rings. The van der Waals surface area contributed by atoms with Crippen molar-refractivity contribution >= 4 is 39.6 Å². The van der Waals surface area contributed by atoms with E-state index in [1.807, 2.05) is 0 Å². The van der Waals surface area contributed by atoms with Crippen molar-refractivity contribution in [3.05, 3.63) is 53.2 Å². The smallest absolute Gasteiger partial charge is 0.266 e. The molecule has 9 heteroatoms. The Labute approximate surface area is 175 Å². The van der Waals surface area contributed by atoms with Gasteiger partial charge in [-0.25, -0.2) is 8.78 Å². The van der Waals surface area contributed by atoms with Crippen LogP contribution in [0.2, 0.25) is 5.02 Å². The van der Waals surface area contributed by atoms with Crippen LogP contribution in [-0.2, 0) is 16.1 Å². The molecule has 1 aliphatic rings. The molecule has 2 aromatic carbocycles. The van der Waals surface area contributed by atoms with Gasteiger partial charge in [-0.2, -0.15) is 3.97 Å². The zero-order valence-corrected chi connectivity index (χ0v) is 17.2. The Morgan fingerprint density at radius 2 is 1.93 bits per heavy atom. The van der Waals surface area contributed by atoms with Crippen molar-refractivity contribution in [1.29, 1.82) is 0 Å². The molecule has 154 valence electrons. The monoisotopic (exact) mass is 440 g/mol. The summed E-state index contributed by atoms with van der Waals surface area (Å²) in [7, 11) is 1.58. The predicted octanol–water partition coefficient (Wildman–Crippen LogP) is 4.65. The molecule has 0 saturated carbocycles. The minimum absolute atomic E-state index is 0.174. The van der Waals surface area contributed by atoms with E-state index in [0.717, 1.165) is 5.69 Å². The molecule has 0 radical (unpaired) electrons. The Balaban J connectivity index is 1.78. The van der Waals surface area contributed by atoms with Crippen LogP contribution in [0, 0.1) is 0 Å².